The lowest BCUT2D eigenvalue weighted by Gasteiger charge is -2.37. The smallest absolute Gasteiger partial charge is 0.275 e. The summed E-state index contributed by atoms with van der Waals surface area (Å²) in [4.78, 5) is 16.1. The highest BCUT2D eigenvalue weighted by Crippen LogP contribution is 2.11. The first kappa shape index (κ1) is 10.5. The third-order valence-corrected chi connectivity index (χ3v) is 3.15. The Bertz CT molecular complexity index is 340. The fraction of sp³-hybridized carbons (Fsp3) is 0.667. The third kappa shape index (κ3) is 2.15. The predicted octanol–water partition coefficient (Wildman–Crippen LogP) is 0.314. The molecular formula is C9H14N4OS. The van der Waals surface area contributed by atoms with Gasteiger partial charge in [0, 0.05) is 25.7 Å². The van der Waals surface area contributed by atoms with E-state index in [1.807, 2.05) is 4.90 Å². The molecule has 15 heavy (non-hydrogen) atoms. The Hall–Kier alpha value is -1.01. The van der Waals surface area contributed by atoms with E-state index in [1.165, 1.54) is 6.20 Å². The molecule has 0 aliphatic carbocycles. The van der Waals surface area contributed by atoms with Crippen molar-refractivity contribution in [3.63, 3.8) is 0 Å². The van der Waals surface area contributed by atoms with Gasteiger partial charge in [-0.15, -0.1) is 0 Å². The van der Waals surface area contributed by atoms with Crippen LogP contribution in [0.3, 0.4) is 0 Å². The molecular weight excluding hydrogens is 212 g/mol. The van der Waals surface area contributed by atoms with Gasteiger partial charge in [-0.1, -0.05) is 0 Å². The van der Waals surface area contributed by atoms with Crippen LogP contribution in [0.5, 0.6) is 0 Å². The van der Waals surface area contributed by atoms with E-state index in [0.29, 0.717) is 5.69 Å². The highest BCUT2D eigenvalue weighted by Gasteiger charge is 2.27. The van der Waals surface area contributed by atoms with Crippen LogP contribution in [0.1, 0.15) is 17.4 Å². The second-order valence-electron chi connectivity index (χ2n) is 3.90. The zero-order chi connectivity index (χ0) is 10.8. The molecule has 1 fully saturated rings. The molecule has 1 atom stereocenters. The molecule has 0 bridgehead atoms. The standard InChI is InChI=1S/C9H14N4OS/c1-7-6-12(2)3-4-13(7)9(14)8-5-10-15-11-8/h5,7H,3-4,6H2,1-2H3/t7-/m1/s1. The van der Waals surface area contributed by atoms with Gasteiger partial charge in [-0.05, 0) is 14.0 Å². The quantitative estimate of drug-likeness (QED) is 0.691. The summed E-state index contributed by atoms with van der Waals surface area (Å²) in [6, 6.07) is 0.248. The number of amides is 1. The molecule has 5 nitrogen and oxygen atoms in total. The van der Waals surface area contributed by atoms with Crippen molar-refractivity contribution in [2.45, 2.75) is 13.0 Å². The Morgan fingerprint density at radius 3 is 3.00 bits per heavy atom. The molecule has 2 heterocycles. The first-order valence-electron chi connectivity index (χ1n) is 4.95. The minimum atomic E-state index is 0.00403. The summed E-state index contributed by atoms with van der Waals surface area (Å²) >= 11 is 1.08. The van der Waals surface area contributed by atoms with Crippen molar-refractivity contribution >= 4 is 17.6 Å². The van der Waals surface area contributed by atoms with Gasteiger partial charge in [0.25, 0.3) is 5.91 Å². The predicted molar refractivity (Wildman–Crippen MR) is 57.9 cm³/mol. The van der Waals surface area contributed by atoms with Gasteiger partial charge < -0.3 is 9.80 Å². The van der Waals surface area contributed by atoms with E-state index in [2.05, 4.69) is 27.6 Å². The second-order valence-corrected chi connectivity index (χ2v) is 4.46. The van der Waals surface area contributed by atoms with Crippen LogP contribution in [0.25, 0.3) is 0 Å². The van der Waals surface area contributed by atoms with Crippen LogP contribution in [-0.2, 0) is 0 Å². The zero-order valence-electron chi connectivity index (χ0n) is 8.88. The maximum absolute atomic E-state index is 12.0. The molecule has 0 aromatic carbocycles. The molecule has 0 spiro atoms. The number of nitrogens with zero attached hydrogens (tertiary/aromatic N) is 4. The van der Waals surface area contributed by atoms with E-state index >= 15 is 0 Å². The summed E-state index contributed by atoms with van der Waals surface area (Å²) in [5, 5.41) is 0. The summed E-state index contributed by atoms with van der Waals surface area (Å²) < 4.78 is 7.82. The monoisotopic (exact) mass is 226 g/mol. The first-order valence-corrected chi connectivity index (χ1v) is 5.68. The van der Waals surface area contributed by atoms with Gasteiger partial charge in [-0.2, -0.15) is 8.75 Å². The van der Waals surface area contributed by atoms with E-state index in [1.54, 1.807) is 0 Å². The average molecular weight is 226 g/mol. The maximum Gasteiger partial charge on any atom is 0.275 e. The van der Waals surface area contributed by atoms with Crippen molar-refractivity contribution in [1.82, 2.24) is 18.5 Å². The summed E-state index contributed by atoms with van der Waals surface area (Å²) in [6.07, 6.45) is 1.54. The number of carbonyl (C=O) groups is 1. The van der Waals surface area contributed by atoms with Crippen molar-refractivity contribution in [2.24, 2.45) is 0 Å². The Morgan fingerprint density at radius 1 is 1.60 bits per heavy atom. The normalized spacial score (nSPS) is 23.1. The topological polar surface area (TPSA) is 49.3 Å². The fourth-order valence-electron chi connectivity index (χ4n) is 1.85. The van der Waals surface area contributed by atoms with Gasteiger partial charge in [0.1, 0.15) is 0 Å². The maximum atomic E-state index is 12.0. The zero-order valence-corrected chi connectivity index (χ0v) is 9.70. The van der Waals surface area contributed by atoms with E-state index in [4.69, 9.17) is 0 Å². The lowest BCUT2D eigenvalue weighted by atomic mass is 10.2. The van der Waals surface area contributed by atoms with Gasteiger partial charge in [0.15, 0.2) is 5.69 Å². The number of likely N-dealkylation sites (N-methyl/N-ethyl adjacent to an activating group) is 1. The molecule has 0 N–H and O–H groups in total. The number of piperazine rings is 1. The minimum absolute atomic E-state index is 0.00403. The lowest BCUT2D eigenvalue weighted by Crippen LogP contribution is -2.52. The Kier molecular flexibility index (Phi) is 2.97. The van der Waals surface area contributed by atoms with Crippen molar-refractivity contribution in [3.8, 4) is 0 Å². The molecule has 1 aromatic rings. The van der Waals surface area contributed by atoms with Crippen LogP contribution >= 0.6 is 11.7 Å². The number of hydrogen-bond acceptors (Lipinski definition) is 5. The molecule has 82 valence electrons. The number of carbonyl (C=O) groups excluding carboxylic acids is 1. The van der Waals surface area contributed by atoms with Crippen LogP contribution < -0.4 is 0 Å². The van der Waals surface area contributed by atoms with Crippen molar-refractivity contribution in [2.75, 3.05) is 26.7 Å². The van der Waals surface area contributed by atoms with Gasteiger partial charge in [-0.25, -0.2) is 0 Å². The summed E-state index contributed by atoms with van der Waals surface area (Å²) in [5.41, 5.74) is 0.469. The van der Waals surface area contributed by atoms with Crippen molar-refractivity contribution in [1.29, 1.82) is 0 Å². The third-order valence-electron chi connectivity index (χ3n) is 2.67. The Labute approximate surface area is 93.0 Å². The van der Waals surface area contributed by atoms with Crippen molar-refractivity contribution in [3.05, 3.63) is 11.9 Å². The molecule has 1 aromatic heterocycles. The molecule has 1 aliphatic heterocycles. The minimum Gasteiger partial charge on any atom is -0.332 e. The molecule has 6 heteroatoms. The Morgan fingerprint density at radius 2 is 2.40 bits per heavy atom. The number of aromatic nitrogens is 2. The fourth-order valence-corrected chi connectivity index (χ4v) is 2.25. The molecule has 1 saturated heterocycles. The summed E-state index contributed by atoms with van der Waals surface area (Å²) in [7, 11) is 2.07. The Balaban J connectivity index is 2.08. The molecule has 0 saturated carbocycles. The van der Waals surface area contributed by atoms with Gasteiger partial charge in [-0.3, -0.25) is 4.79 Å². The van der Waals surface area contributed by atoms with E-state index in [9.17, 15) is 4.79 Å². The largest absolute Gasteiger partial charge is 0.332 e. The van der Waals surface area contributed by atoms with Gasteiger partial charge >= 0.3 is 0 Å². The van der Waals surface area contributed by atoms with Crippen molar-refractivity contribution < 1.29 is 4.79 Å². The highest BCUT2D eigenvalue weighted by molar-refractivity contribution is 6.99. The number of rotatable bonds is 1. The summed E-state index contributed by atoms with van der Waals surface area (Å²) in [6.45, 7) is 4.68. The van der Waals surface area contributed by atoms with Crippen LogP contribution in [-0.4, -0.2) is 57.2 Å². The van der Waals surface area contributed by atoms with Gasteiger partial charge in [0.05, 0.1) is 17.9 Å². The van der Waals surface area contributed by atoms with Gasteiger partial charge in [0.2, 0.25) is 0 Å². The van der Waals surface area contributed by atoms with E-state index < -0.39 is 0 Å². The second kappa shape index (κ2) is 4.24. The molecule has 1 aliphatic rings. The van der Waals surface area contributed by atoms with Crippen LogP contribution in [0.4, 0.5) is 0 Å². The SMILES string of the molecule is C[C@@H]1CN(C)CCN1C(=O)c1cnsn1. The van der Waals surface area contributed by atoms with Crippen LogP contribution in [0, 0.1) is 0 Å². The first-order chi connectivity index (χ1) is 7.18. The van der Waals surface area contributed by atoms with Crippen LogP contribution in [0.2, 0.25) is 0 Å². The molecule has 0 unspecified atom stereocenters. The number of hydrogen-bond donors (Lipinski definition) is 0. The average Bonchev–Trinajstić information content (AvgIpc) is 2.69. The molecule has 1 amide bonds. The van der Waals surface area contributed by atoms with Crippen LogP contribution in [0.15, 0.2) is 6.20 Å². The van der Waals surface area contributed by atoms with E-state index in [-0.39, 0.29) is 11.9 Å². The molecule has 2 rings (SSSR count). The van der Waals surface area contributed by atoms with E-state index in [0.717, 1.165) is 31.4 Å². The molecule has 0 radical (unpaired) electrons. The highest BCUT2D eigenvalue weighted by atomic mass is 32.1. The summed E-state index contributed by atoms with van der Waals surface area (Å²) in [5.74, 6) is 0.00403. The lowest BCUT2D eigenvalue weighted by molar-refractivity contribution is 0.0529.